The first-order valence-electron chi connectivity index (χ1n) is 7.40. The monoisotopic (exact) mass is 488 g/mol. The normalized spacial score (nSPS) is 11.7. The highest BCUT2D eigenvalue weighted by Gasteiger charge is 2.42. The number of nitrogens with zero attached hydrogens (tertiary/aromatic N) is 3. The van der Waals surface area contributed by atoms with E-state index in [0.29, 0.717) is 6.07 Å². The maximum atomic E-state index is 13.5. The van der Waals surface area contributed by atoms with Gasteiger partial charge in [-0.1, -0.05) is 23.2 Å². The fourth-order valence-electron chi connectivity index (χ4n) is 2.44. The lowest BCUT2D eigenvalue weighted by Crippen LogP contribution is -2.14. The molecular weight excluding hydrogens is 485 g/mol. The Labute approximate surface area is 176 Å². The second-order valence-corrected chi connectivity index (χ2v) is 6.39. The van der Waals surface area contributed by atoms with Gasteiger partial charge in [0.15, 0.2) is 0 Å². The number of hydrogen-bond acceptors (Lipinski definition) is 6. The summed E-state index contributed by atoms with van der Waals surface area (Å²) in [6.07, 6.45) is -10.6. The summed E-state index contributed by atoms with van der Waals surface area (Å²) in [5.41, 5.74) is -9.98. The molecule has 164 valence electrons. The summed E-state index contributed by atoms with van der Waals surface area (Å²) in [4.78, 5) is 19.4. The molecule has 0 aliphatic heterocycles. The molecule has 0 radical (unpaired) electrons. The van der Waals surface area contributed by atoms with Crippen LogP contribution in [0.25, 0.3) is 0 Å². The molecule has 0 bridgehead atoms. The number of halogens is 8. The standard InChI is InChI=1S/C15H4Cl2F6N4O4/c16-8-1-5(4-24)10(15(21,22)23)11(17)13(8)25-12-7(14(18,19)20)2-6(26(28)29)3-9(12)27(30)31/h1-3,25H. The highest BCUT2D eigenvalue weighted by Crippen LogP contribution is 2.48. The van der Waals surface area contributed by atoms with Crippen molar-refractivity contribution < 1.29 is 36.2 Å². The molecule has 0 saturated heterocycles. The lowest BCUT2D eigenvalue weighted by Gasteiger charge is -2.19. The fourth-order valence-corrected chi connectivity index (χ4v) is 3.10. The molecule has 0 amide bonds. The van der Waals surface area contributed by atoms with Gasteiger partial charge in [-0.15, -0.1) is 0 Å². The molecule has 0 atom stereocenters. The molecule has 0 aliphatic rings. The second-order valence-electron chi connectivity index (χ2n) is 5.60. The number of benzene rings is 2. The Hall–Kier alpha value is -3.31. The second kappa shape index (κ2) is 8.08. The van der Waals surface area contributed by atoms with Crippen LogP contribution in [-0.4, -0.2) is 9.85 Å². The topological polar surface area (TPSA) is 122 Å². The van der Waals surface area contributed by atoms with E-state index >= 15 is 0 Å². The number of nitrogens with one attached hydrogen (secondary N) is 1. The summed E-state index contributed by atoms with van der Waals surface area (Å²) in [6.45, 7) is 0. The van der Waals surface area contributed by atoms with E-state index < -0.39 is 71.7 Å². The smallest absolute Gasteiger partial charge is 0.347 e. The number of alkyl halides is 6. The van der Waals surface area contributed by atoms with Gasteiger partial charge in [-0.3, -0.25) is 20.2 Å². The lowest BCUT2D eigenvalue weighted by atomic mass is 10.0. The fraction of sp³-hybridized carbons (Fsp3) is 0.133. The van der Waals surface area contributed by atoms with Crippen molar-refractivity contribution in [1.82, 2.24) is 0 Å². The molecule has 0 aliphatic carbocycles. The zero-order valence-corrected chi connectivity index (χ0v) is 15.7. The zero-order chi connectivity index (χ0) is 23.9. The van der Waals surface area contributed by atoms with Crippen molar-refractivity contribution in [2.75, 3.05) is 5.32 Å². The minimum atomic E-state index is -5.41. The van der Waals surface area contributed by atoms with E-state index in [-0.39, 0.29) is 12.1 Å². The van der Waals surface area contributed by atoms with Crippen LogP contribution in [0.5, 0.6) is 0 Å². The summed E-state index contributed by atoms with van der Waals surface area (Å²) >= 11 is 11.4. The van der Waals surface area contributed by atoms with Gasteiger partial charge in [0, 0.05) is 6.07 Å². The van der Waals surface area contributed by atoms with Crippen LogP contribution in [0.1, 0.15) is 16.7 Å². The molecule has 2 aromatic carbocycles. The first-order chi connectivity index (χ1) is 14.1. The number of anilines is 2. The number of nitro groups is 2. The summed E-state index contributed by atoms with van der Waals surface area (Å²) < 4.78 is 80.2. The predicted octanol–water partition coefficient (Wildman–Crippen LogP) is 6.46. The van der Waals surface area contributed by atoms with E-state index in [1.807, 2.05) is 0 Å². The third-order valence-electron chi connectivity index (χ3n) is 3.69. The van der Waals surface area contributed by atoms with Crippen molar-refractivity contribution >= 4 is 46.0 Å². The van der Waals surface area contributed by atoms with Crippen molar-refractivity contribution in [2.45, 2.75) is 12.4 Å². The largest absolute Gasteiger partial charge is 0.419 e. The Morgan fingerprint density at radius 3 is 1.94 bits per heavy atom. The Morgan fingerprint density at radius 2 is 1.52 bits per heavy atom. The van der Waals surface area contributed by atoms with E-state index in [1.165, 1.54) is 6.07 Å². The molecule has 0 spiro atoms. The highest BCUT2D eigenvalue weighted by atomic mass is 35.5. The van der Waals surface area contributed by atoms with Gasteiger partial charge in [0.05, 0.1) is 54.4 Å². The molecule has 0 unspecified atom stereocenters. The Kier molecular flexibility index (Phi) is 6.25. The van der Waals surface area contributed by atoms with E-state index in [1.54, 1.807) is 5.32 Å². The number of hydrogen-bond donors (Lipinski definition) is 1. The van der Waals surface area contributed by atoms with Crippen LogP contribution in [-0.2, 0) is 12.4 Å². The van der Waals surface area contributed by atoms with Crippen LogP contribution >= 0.6 is 23.2 Å². The van der Waals surface area contributed by atoms with Crippen molar-refractivity contribution in [1.29, 1.82) is 5.26 Å². The van der Waals surface area contributed by atoms with E-state index in [4.69, 9.17) is 28.5 Å². The van der Waals surface area contributed by atoms with Crippen LogP contribution in [0.15, 0.2) is 18.2 Å². The van der Waals surface area contributed by atoms with Crippen LogP contribution in [0.4, 0.5) is 49.1 Å². The molecule has 16 heteroatoms. The molecule has 31 heavy (non-hydrogen) atoms. The molecule has 0 saturated carbocycles. The van der Waals surface area contributed by atoms with Gasteiger partial charge in [0.25, 0.3) is 11.4 Å². The Morgan fingerprint density at radius 1 is 0.935 bits per heavy atom. The average Bonchev–Trinajstić information content (AvgIpc) is 2.61. The molecule has 2 rings (SSSR count). The predicted molar refractivity (Wildman–Crippen MR) is 94.2 cm³/mol. The number of rotatable bonds is 4. The lowest BCUT2D eigenvalue weighted by molar-refractivity contribution is -0.394. The molecule has 2 aromatic rings. The third kappa shape index (κ3) is 4.72. The molecule has 8 nitrogen and oxygen atoms in total. The van der Waals surface area contributed by atoms with Gasteiger partial charge >= 0.3 is 12.4 Å². The van der Waals surface area contributed by atoms with E-state index in [9.17, 15) is 46.6 Å². The van der Waals surface area contributed by atoms with E-state index in [0.717, 1.165) is 0 Å². The zero-order valence-electron chi connectivity index (χ0n) is 14.2. The summed E-state index contributed by atoms with van der Waals surface area (Å²) in [7, 11) is 0. The average molecular weight is 489 g/mol. The molecule has 0 fully saturated rings. The maximum absolute atomic E-state index is 13.5. The SMILES string of the molecule is N#Cc1cc(Cl)c(Nc2c([N+](=O)[O-])cc([N+](=O)[O-])cc2C(F)(F)F)c(Cl)c1C(F)(F)F. The summed E-state index contributed by atoms with van der Waals surface area (Å²) in [6, 6.07) is 1.75. The van der Waals surface area contributed by atoms with Crippen molar-refractivity contribution in [3.8, 4) is 6.07 Å². The first kappa shape index (κ1) is 24.0. The molecular formula is C15H4Cl2F6N4O4. The van der Waals surface area contributed by atoms with Crippen LogP contribution < -0.4 is 5.32 Å². The maximum Gasteiger partial charge on any atom is 0.419 e. The minimum absolute atomic E-state index is 0.0501. The van der Waals surface area contributed by atoms with Gasteiger partial charge in [-0.25, -0.2) is 0 Å². The first-order valence-corrected chi connectivity index (χ1v) is 8.15. The van der Waals surface area contributed by atoms with Gasteiger partial charge in [-0.05, 0) is 6.07 Å². The number of nitro benzene ring substituents is 2. The molecule has 0 aromatic heterocycles. The van der Waals surface area contributed by atoms with Crippen LogP contribution in [0.3, 0.4) is 0 Å². The molecule has 1 N–H and O–H groups in total. The Balaban J connectivity index is 2.90. The van der Waals surface area contributed by atoms with Gasteiger partial charge in [0.1, 0.15) is 5.69 Å². The van der Waals surface area contributed by atoms with Gasteiger partial charge in [0.2, 0.25) is 0 Å². The van der Waals surface area contributed by atoms with Crippen LogP contribution in [0.2, 0.25) is 10.0 Å². The van der Waals surface area contributed by atoms with Crippen molar-refractivity contribution in [2.24, 2.45) is 0 Å². The van der Waals surface area contributed by atoms with Crippen molar-refractivity contribution in [3.05, 3.63) is 65.2 Å². The van der Waals surface area contributed by atoms with Gasteiger partial charge < -0.3 is 5.32 Å². The molecule has 0 heterocycles. The van der Waals surface area contributed by atoms with Crippen molar-refractivity contribution in [3.63, 3.8) is 0 Å². The number of nitriles is 1. The summed E-state index contributed by atoms with van der Waals surface area (Å²) in [5, 5.41) is 30.6. The quantitative estimate of drug-likeness (QED) is 0.299. The van der Waals surface area contributed by atoms with E-state index in [2.05, 4.69) is 0 Å². The summed E-state index contributed by atoms with van der Waals surface area (Å²) in [5.74, 6) is 0. The third-order valence-corrected chi connectivity index (χ3v) is 4.36. The van der Waals surface area contributed by atoms with Gasteiger partial charge in [-0.2, -0.15) is 31.6 Å². The highest BCUT2D eigenvalue weighted by molar-refractivity contribution is 6.40. The van der Waals surface area contributed by atoms with Crippen LogP contribution in [0, 0.1) is 31.6 Å². The number of non-ortho nitro benzene ring substituents is 1. The Bertz CT molecular complexity index is 1140. The minimum Gasteiger partial charge on any atom is -0.347 e.